The largest absolute Gasteiger partial charge is 0.356 e. The summed E-state index contributed by atoms with van der Waals surface area (Å²) in [6, 6.07) is 0. The molecule has 1 aliphatic rings. The van der Waals surface area contributed by atoms with E-state index in [1.807, 2.05) is 11.8 Å². The summed E-state index contributed by atoms with van der Waals surface area (Å²) in [7, 11) is 0. The van der Waals surface area contributed by atoms with Gasteiger partial charge >= 0.3 is 0 Å². The van der Waals surface area contributed by atoms with Crippen LogP contribution in [0.5, 0.6) is 0 Å². The van der Waals surface area contributed by atoms with Crippen LogP contribution in [0.1, 0.15) is 36.6 Å². The van der Waals surface area contributed by atoms with Crippen molar-refractivity contribution in [2.24, 2.45) is 5.92 Å². The molecule has 146 valence electrons. The predicted molar refractivity (Wildman–Crippen MR) is 110 cm³/mol. The lowest BCUT2D eigenvalue weighted by molar-refractivity contribution is -0.133. The molecule has 1 N–H and O–H groups in total. The van der Waals surface area contributed by atoms with Crippen LogP contribution in [0.3, 0.4) is 0 Å². The van der Waals surface area contributed by atoms with Crippen LogP contribution in [0.25, 0.3) is 10.2 Å². The summed E-state index contributed by atoms with van der Waals surface area (Å²) in [5, 5.41) is 4.88. The number of fused-ring (bicyclic) bond motifs is 1. The van der Waals surface area contributed by atoms with E-state index in [4.69, 9.17) is 0 Å². The molecule has 1 saturated heterocycles. The zero-order valence-corrected chi connectivity index (χ0v) is 17.7. The highest BCUT2D eigenvalue weighted by molar-refractivity contribution is 8.00. The molecule has 2 amide bonds. The minimum absolute atomic E-state index is 0.0730. The number of piperidine rings is 1. The molecule has 1 aliphatic heterocycles. The van der Waals surface area contributed by atoms with Crippen LogP contribution in [0.2, 0.25) is 0 Å². The van der Waals surface area contributed by atoms with E-state index < -0.39 is 0 Å². The van der Waals surface area contributed by atoms with Gasteiger partial charge in [-0.15, -0.1) is 11.3 Å². The smallest absolute Gasteiger partial charge is 0.233 e. The van der Waals surface area contributed by atoms with Gasteiger partial charge in [0.05, 0.1) is 11.7 Å². The number of hydrogen-bond donors (Lipinski definition) is 1. The maximum Gasteiger partial charge on any atom is 0.233 e. The summed E-state index contributed by atoms with van der Waals surface area (Å²) >= 11 is 3.13. The highest BCUT2D eigenvalue weighted by atomic mass is 32.2. The van der Waals surface area contributed by atoms with Gasteiger partial charge in [-0.05, 0) is 38.7 Å². The average molecular weight is 407 g/mol. The van der Waals surface area contributed by atoms with Gasteiger partial charge < -0.3 is 10.2 Å². The first-order valence-corrected chi connectivity index (χ1v) is 11.2. The van der Waals surface area contributed by atoms with Crippen molar-refractivity contribution < 1.29 is 9.59 Å². The summed E-state index contributed by atoms with van der Waals surface area (Å²) < 4.78 is 0. The third kappa shape index (κ3) is 4.60. The van der Waals surface area contributed by atoms with Gasteiger partial charge in [0.25, 0.3) is 0 Å². The van der Waals surface area contributed by atoms with E-state index in [2.05, 4.69) is 29.1 Å². The van der Waals surface area contributed by atoms with E-state index >= 15 is 0 Å². The molecule has 1 unspecified atom stereocenters. The standard InChI is InChI=1S/C19H26N4O2S2/c1-4-7-20-17(25)14-6-5-8-23(9-14)15(24)10-26-18-16-12(2)13(3)27-19(16)22-11-21-18/h11,14H,4-10H2,1-3H3,(H,20,25). The molecule has 3 heterocycles. The second-order valence-corrected chi connectivity index (χ2v) is 9.07. The molecule has 0 aliphatic carbocycles. The Morgan fingerprint density at radius 3 is 2.96 bits per heavy atom. The van der Waals surface area contributed by atoms with Crippen molar-refractivity contribution in [3.63, 3.8) is 0 Å². The first-order valence-electron chi connectivity index (χ1n) is 9.40. The lowest BCUT2D eigenvalue weighted by Crippen LogP contribution is -2.46. The summed E-state index contributed by atoms with van der Waals surface area (Å²) in [6.07, 6.45) is 4.22. The third-order valence-electron chi connectivity index (χ3n) is 4.96. The highest BCUT2D eigenvalue weighted by Gasteiger charge is 2.28. The van der Waals surface area contributed by atoms with Gasteiger partial charge in [0.2, 0.25) is 11.8 Å². The number of carbonyl (C=O) groups excluding carboxylic acids is 2. The number of likely N-dealkylation sites (tertiary alicyclic amines) is 1. The Balaban J connectivity index is 1.62. The Morgan fingerprint density at radius 1 is 1.37 bits per heavy atom. The van der Waals surface area contributed by atoms with Crippen molar-refractivity contribution in [1.29, 1.82) is 0 Å². The molecule has 0 saturated carbocycles. The third-order valence-corrected chi connectivity index (χ3v) is 7.05. The molecular formula is C19H26N4O2S2. The van der Waals surface area contributed by atoms with Crippen LogP contribution in [0.4, 0.5) is 0 Å². The zero-order chi connectivity index (χ0) is 19.4. The number of nitrogens with one attached hydrogen (secondary N) is 1. The summed E-state index contributed by atoms with van der Waals surface area (Å²) in [4.78, 5) is 37.7. The molecule has 0 bridgehead atoms. The monoisotopic (exact) mass is 406 g/mol. The first kappa shape index (κ1) is 20.1. The lowest BCUT2D eigenvalue weighted by atomic mass is 9.97. The van der Waals surface area contributed by atoms with Crippen LogP contribution in [0, 0.1) is 19.8 Å². The van der Waals surface area contributed by atoms with E-state index in [9.17, 15) is 9.59 Å². The van der Waals surface area contributed by atoms with E-state index in [0.29, 0.717) is 18.8 Å². The number of thioether (sulfide) groups is 1. The van der Waals surface area contributed by atoms with Crippen molar-refractivity contribution in [3.8, 4) is 0 Å². The summed E-state index contributed by atoms with van der Waals surface area (Å²) in [5.41, 5.74) is 1.19. The number of aryl methyl sites for hydroxylation is 2. The second kappa shape index (κ2) is 9.01. The number of thiophene rings is 1. The minimum atomic E-state index is -0.0909. The van der Waals surface area contributed by atoms with Gasteiger partial charge in [-0.2, -0.15) is 0 Å². The molecule has 2 aromatic rings. The molecule has 3 rings (SSSR count). The van der Waals surface area contributed by atoms with E-state index in [-0.39, 0.29) is 17.7 Å². The van der Waals surface area contributed by atoms with Crippen molar-refractivity contribution in [3.05, 3.63) is 16.8 Å². The number of carbonyl (C=O) groups is 2. The van der Waals surface area contributed by atoms with Crippen molar-refractivity contribution >= 4 is 45.1 Å². The Labute approximate surface area is 168 Å². The van der Waals surface area contributed by atoms with Crippen LogP contribution >= 0.6 is 23.1 Å². The first-order chi connectivity index (χ1) is 13.0. The Kier molecular flexibility index (Phi) is 6.70. The van der Waals surface area contributed by atoms with Gasteiger partial charge in [0.1, 0.15) is 16.2 Å². The second-order valence-electron chi connectivity index (χ2n) is 6.90. The topological polar surface area (TPSA) is 75.2 Å². The Morgan fingerprint density at radius 2 is 2.19 bits per heavy atom. The molecule has 1 atom stereocenters. The van der Waals surface area contributed by atoms with Crippen LogP contribution in [-0.4, -0.2) is 52.1 Å². The van der Waals surface area contributed by atoms with Crippen LogP contribution < -0.4 is 5.32 Å². The van der Waals surface area contributed by atoms with E-state index in [0.717, 1.165) is 41.0 Å². The molecular weight excluding hydrogens is 380 g/mol. The zero-order valence-electron chi connectivity index (χ0n) is 16.1. The van der Waals surface area contributed by atoms with Gasteiger partial charge in [-0.1, -0.05) is 18.7 Å². The normalized spacial score (nSPS) is 17.3. The molecule has 0 spiro atoms. The maximum atomic E-state index is 12.7. The quantitative estimate of drug-likeness (QED) is 0.589. The molecule has 2 aromatic heterocycles. The van der Waals surface area contributed by atoms with Crippen LogP contribution in [-0.2, 0) is 9.59 Å². The van der Waals surface area contributed by atoms with Gasteiger partial charge in [0, 0.05) is 29.9 Å². The van der Waals surface area contributed by atoms with E-state index in [1.165, 1.54) is 22.2 Å². The summed E-state index contributed by atoms with van der Waals surface area (Å²) in [6.45, 7) is 8.14. The Bertz CT molecular complexity index is 836. The number of aromatic nitrogens is 2. The fourth-order valence-electron chi connectivity index (χ4n) is 3.29. The van der Waals surface area contributed by atoms with Crippen LogP contribution in [0.15, 0.2) is 11.4 Å². The number of nitrogens with zero attached hydrogens (tertiary/aromatic N) is 3. The van der Waals surface area contributed by atoms with Gasteiger partial charge in [-0.3, -0.25) is 9.59 Å². The molecule has 1 fully saturated rings. The van der Waals surface area contributed by atoms with Crippen molar-refractivity contribution in [2.45, 2.75) is 45.1 Å². The molecule has 0 radical (unpaired) electrons. The summed E-state index contributed by atoms with van der Waals surface area (Å²) in [5.74, 6) is 0.393. The Hall–Kier alpha value is -1.67. The lowest BCUT2D eigenvalue weighted by Gasteiger charge is -2.32. The maximum absolute atomic E-state index is 12.7. The van der Waals surface area contributed by atoms with Crippen molar-refractivity contribution in [2.75, 3.05) is 25.4 Å². The predicted octanol–water partition coefficient (Wildman–Crippen LogP) is 3.17. The molecule has 0 aromatic carbocycles. The molecule has 8 heteroatoms. The number of hydrogen-bond acceptors (Lipinski definition) is 6. The number of rotatable bonds is 6. The average Bonchev–Trinajstić information content (AvgIpc) is 2.98. The van der Waals surface area contributed by atoms with Gasteiger partial charge in [-0.25, -0.2) is 9.97 Å². The fourth-order valence-corrected chi connectivity index (χ4v) is 5.31. The minimum Gasteiger partial charge on any atom is -0.356 e. The van der Waals surface area contributed by atoms with E-state index in [1.54, 1.807) is 17.7 Å². The number of amides is 2. The van der Waals surface area contributed by atoms with Crippen molar-refractivity contribution in [1.82, 2.24) is 20.2 Å². The molecule has 6 nitrogen and oxygen atoms in total. The fraction of sp³-hybridized carbons (Fsp3) is 0.579. The highest BCUT2D eigenvalue weighted by Crippen LogP contribution is 2.34. The SMILES string of the molecule is CCCNC(=O)C1CCCN(C(=O)CSc2ncnc3sc(C)c(C)c23)C1. The van der Waals surface area contributed by atoms with Gasteiger partial charge in [0.15, 0.2) is 0 Å². The molecule has 27 heavy (non-hydrogen) atoms.